The van der Waals surface area contributed by atoms with Crippen LogP contribution >= 0.6 is 12.6 Å². The molecule has 2 rings (SSSR count). The summed E-state index contributed by atoms with van der Waals surface area (Å²) in [5.74, 6) is 0.523. The normalized spacial score (nSPS) is 20.9. The van der Waals surface area contributed by atoms with E-state index in [2.05, 4.69) is 17.6 Å². The summed E-state index contributed by atoms with van der Waals surface area (Å²) in [5.41, 5.74) is 1.70. The van der Waals surface area contributed by atoms with Crippen LogP contribution in [0.15, 0.2) is 22.5 Å². The van der Waals surface area contributed by atoms with E-state index in [0.717, 1.165) is 11.0 Å². The Morgan fingerprint density at radius 3 is 2.38 bits per heavy atom. The van der Waals surface area contributed by atoms with Gasteiger partial charge in [0.2, 0.25) is 0 Å². The van der Waals surface area contributed by atoms with E-state index in [1.807, 2.05) is 39.8 Å². The summed E-state index contributed by atoms with van der Waals surface area (Å²) >= 11 is 4.38. The standard InChI is InChI=1S/C15H22BNO3S/c1-10-6-11(8-17-13(10)18)7-12(9-21)16-19-14(2,3)15(4,5)20-16/h6-8,21H,9H2,1-5H3,(H,17,18). The average Bonchev–Trinajstić information content (AvgIpc) is 2.59. The van der Waals surface area contributed by atoms with Crippen molar-refractivity contribution in [1.29, 1.82) is 0 Å². The first kappa shape index (κ1) is 16.4. The van der Waals surface area contributed by atoms with E-state index in [9.17, 15) is 4.79 Å². The molecule has 0 radical (unpaired) electrons. The lowest BCUT2D eigenvalue weighted by molar-refractivity contribution is 0.00578. The van der Waals surface area contributed by atoms with Crippen LogP contribution < -0.4 is 5.56 Å². The van der Waals surface area contributed by atoms with Crippen molar-refractivity contribution >= 4 is 25.8 Å². The van der Waals surface area contributed by atoms with Crippen LogP contribution in [0.1, 0.15) is 38.8 Å². The Morgan fingerprint density at radius 2 is 1.90 bits per heavy atom. The van der Waals surface area contributed by atoms with Crippen molar-refractivity contribution in [2.24, 2.45) is 0 Å². The van der Waals surface area contributed by atoms with Crippen molar-refractivity contribution in [1.82, 2.24) is 4.98 Å². The lowest BCUT2D eigenvalue weighted by atomic mass is 9.78. The van der Waals surface area contributed by atoms with Crippen LogP contribution in [0.2, 0.25) is 0 Å². The first-order valence-electron chi connectivity index (χ1n) is 7.02. The molecule has 0 unspecified atom stereocenters. The van der Waals surface area contributed by atoms with E-state index in [0.29, 0.717) is 11.3 Å². The molecular weight excluding hydrogens is 285 g/mol. The minimum atomic E-state index is -0.417. The van der Waals surface area contributed by atoms with Gasteiger partial charge in [0.05, 0.1) is 11.2 Å². The summed E-state index contributed by atoms with van der Waals surface area (Å²) in [7, 11) is -0.417. The van der Waals surface area contributed by atoms with Crippen molar-refractivity contribution in [3.8, 4) is 0 Å². The molecule has 2 heterocycles. The molecule has 1 fully saturated rings. The molecule has 4 nitrogen and oxygen atoms in total. The van der Waals surface area contributed by atoms with Gasteiger partial charge in [0.1, 0.15) is 0 Å². The Labute approximate surface area is 131 Å². The minimum absolute atomic E-state index is 0.0739. The predicted octanol–water partition coefficient (Wildman–Crippen LogP) is 2.63. The maximum Gasteiger partial charge on any atom is 0.491 e. The molecular formula is C15H22BNO3S. The highest BCUT2D eigenvalue weighted by molar-refractivity contribution is 7.80. The highest BCUT2D eigenvalue weighted by Crippen LogP contribution is 2.38. The van der Waals surface area contributed by atoms with Gasteiger partial charge in [-0.15, -0.1) is 0 Å². The number of aryl methyl sites for hydroxylation is 1. The molecule has 0 amide bonds. The zero-order valence-corrected chi connectivity index (χ0v) is 14.1. The van der Waals surface area contributed by atoms with Gasteiger partial charge in [0.25, 0.3) is 5.56 Å². The second-order valence-electron chi connectivity index (χ2n) is 6.41. The quantitative estimate of drug-likeness (QED) is 0.667. The zero-order chi connectivity index (χ0) is 15.8. The van der Waals surface area contributed by atoms with Gasteiger partial charge in [-0.3, -0.25) is 4.79 Å². The number of hydrogen-bond donors (Lipinski definition) is 2. The predicted molar refractivity (Wildman–Crippen MR) is 89.7 cm³/mol. The van der Waals surface area contributed by atoms with Crippen molar-refractivity contribution in [3.63, 3.8) is 0 Å². The van der Waals surface area contributed by atoms with Crippen LogP contribution in [-0.2, 0) is 9.31 Å². The fourth-order valence-corrected chi connectivity index (χ4v) is 2.34. The van der Waals surface area contributed by atoms with Gasteiger partial charge in [0, 0.05) is 17.5 Å². The van der Waals surface area contributed by atoms with E-state index in [4.69, 9.17) is 9.31 Å². The molecule has 0 aromatic carbocycles. The molecule has 114 valence electrons. The molecule has 1 saturated heterocycles. The lowest BCUT2D eigenvalue weighted by Gasteiger charge is -2.32. The molecule has 1 aliphatic rings. The zero-order valence-electron chi connectivity index (χ0n) is 13.2. The highest BCUT2D eigenvalue weighted by Gasteiger charge is 2.52. The third kappa shape index (κ3) is 3.28. The summed E-state index contributed by atoms with van der Waals surface area (Å²) in [6.07, 6.45) is 3.64. The Kier molecular flexibility index (Phi) is 4.43. The average molecular weight is 307 g/mol. The lowest BCUT2D eigenvalue weighted by Crippen LogP contribution is -2.41. The van der Waals surface area contributed by atoms with Crippen LogP contribution in [0.25, 0.3) is 6.08 Å². The van der Waals surface area contributed by atoms with Crippen LogP contribution in [0.4, 0.5) is 0 Å². The second-order valence-corrected chi connectivity index (χ2v) is 6.73. The number of hydrogen-bond acceptors (Lipinski definition) is 4. The fourth-order valence-electron chi connectivity index (χ4n) is 2.10. The van der Waals surface area contributed by atoms with Gasteiger partial charge in [-0.1, -0.05) is 6.08 Å². The Morgan fingerprint density at radius 1 is 1.33 bits per heavy atom. The summed E-state index contributed by atoms with van der Waals surface area (Å²) in [6.45, 7) is 9.87. The van der Waals surface area contributed by atoms with Crippen LogP contribution in [0, 0.1) is 6.92 Å². The molecule has 0 saturated carbocycles. The number of nitrogens with one attached hydrogen (secondary N) is 1. The maximum absolute atomic E-state index is 11.4. The van der Waals surface area contributed by atoms with Crippen LogP contribution in [-0.4, -0.2) is 29.1 Å². The van der Waals surface area contributed by atoms with Crippen molar-refractivity contribution < 1.29 is 9.31 Å². The van der Waals surface area contributed by atoms with Gasteiger partial charge >= 0.3 is 7.12 Å². The van der Waals surface area contributed by atoms with Gasteiger partial charge in [-0.05, 0) is 51.7 Å². The van der Waals surface area contributed by atoms with Crippen molar-refractivity contribution in [2.75, 3.05) is 5.75 Å². The second kappa shape index (κ2) is 5.67. The number of rotatable bonds is 3. The van der Waals surface area contributed by atoms with E-state index < -0.39 is 7.12 Å². The minimum Gasteiger partial charge on any atom is -0.400 e. The van der Waals surface area contributed by atoms with Gasteiger partial charge in [-0.25, -0.2) is 0 Å². The number of thiol groups is 1. The number of aromatic amines is 1. The smallest absolute Gasteiger partial charge is 0.400 e. The number of H-pyrrole nitrogens is 1. The van der Waals surface area contributed by atoms with Crippen molar-refractivity contribution in [2.45, 2.75) is 45.8 Å². The molecule has 1 aliphatic heterocycles. The maximum atomic E-state index is 11.4. The molecule has 21 heavy (non-hydrogen) atoms. The Hall–Kier alpha value is -0.975. The largest absolute Gasteiger partial charge is 0.491 e. The number of pyridine rings is 1. The third-order valence-electron chi connectivity index (χ3n) is 4.20. The fraction of sp³-hybridized carbons (Fsp3) is 0.533. The monoisotopic (exact) mass is 307 g/mol. The first-order valence-corrected chi connectivity index (χ1v) is 7.66. The molecule has 0 spiro atoms. The SMILES string of the molecule is Cc1cc(C=C(CS)B2OC(C)(C)C(C)(C)O2)c[nH]c1=O. The molecule has 6 heteroatoms. The van der Waals surface area contributed by atoms with Gasteiger partial charge in [0.15, 0.2) is 0 Å². The molecule has 0 atom stereocenters. The summed E-state index contributed by atoms with van der Waals surface area (Å²) in [5, 5.41) is 0. The summed E-state index contributed by atoms with van der Waals surface area (Å²) in [6, 6.07) is 1.84. The number of aromatic nitrogens is 1. The van der Waals surface area contributed by atoms with Crippen molar-refractivity contribution in [3.05, 3.63) is 39.2 Å². The Bertz CT molecular complexity index is 606. The Balaban J connectivity index is 2.30. The molecule has 0 bridgehead atoms. The summed E-state index contributed by atoms with van der Waals surface area (Å²) < 4.78 is 12.1. The van der Waals surface area contributed by atoms with E-state index in [1.54, 1.807) is 13.1 Å². The van der Waals surface area contributed by atoms with Crippen LogP contribution in [0.5, 0.6) is 0 Å². The highest BCUT2D eigenvalue weighted by atomic mass is 32.1. The topological polar surface area (TPSA) is 51.3 Å². The van der Waals surface area contributed by atoms with Gasteiger partial charge in [-0.2, -0.15) is 12.6 Å². The third-order valence-corrected chi connectivity index (χ3v) is 4.57. The van der Waals surface area contributed by atoms with E-state index in [-0.39, 0.29) is 16.8 Å². The van der Waals surface area contributed by atoms with Gasteiger partial charge < -0.3 is 14.3 Å². The van der Waals surface area contributed by atoms with E-state index in [1.165, 1.54) is 0 Å². The summed E-state index contributed by atoms with van der Waals surface area (Å²) in [4.78, 5) is 14.1. The first-order chi connectivity index (χ1) is 9.66. The molecule has 0 aliphatic carbocycles. The van der Waals surface area contributed by atoms with Crippen LogP contribution in [0.3, 0.4) is 0 Å². The molecule has 1 aromatic rings. The van der Waals surface area contributed by atoms with E-state index >= 15 is 0 Å². The molecule has 1 aromatic heterocycles. The molecule has 1 N–H and O–H groups in total.